The van der Waals surface area contributed by atoms with Gasteiger partial charge in [0.25, 0.3) is 11.1 Å². The fourth-order valence-corrected chi connectivity index (χ4v) is 5.05. The Balaban J connectivity index is 1.56. The summed E-state index contributed by atoms with van der Waals surface area (Å²) in [4.78, 5) is 26.8. The van der Waals surface area contributed by atoms with Gasteiger partial charge in [-0.3, -0.25) is 14.5 Å². The third-order valence-corrected chi connectivity index (χ3v) is 7.21. The van der Waals surface area contributed by atoms with Crippen molar-refractivity contribution in [3.05, 3.63) is 102 Å². The Hall–Kier alpha value is -2.03. The zero-order chi connectivity index (χ0) is 24.4. The van der Waals surface area contributed by atoms with Crippen molar-refractivity contribution >= 4 is 79.7 Å². The van der Waals surface area contributed by atoms with Crippen LogP contribution in [0.5, 0.6) is 5.75 Å². The van der Waals surface area contributed by atoms with E-state index in [2.05, 4.69) is 15.9 Å². The van der Waals surface area contributed by atoms with Crippen molar-refractivity contribution in [2.45, 2.75) is 13.2 Å². The largest absolute Gasteiger partial charge is 0.488 e. The minimum Gasteiger partial charge on any atom is -0.488 e. The predicted octanol–water partition coefficient (Wildman–Crippen LogP) is 8.36. The molecule has 0 spiro atoms. The van der Waals surface area contributed by atoms with Crippen LogP contribution in [-0.4, -0.2) is 16.0 Å². The van der Waals surface area contributed by atoms with Crippen molar-refractivity contribution in [2.75, 3.05) is 0 Å². The number of ether oxygens (including phenoxy) is 1. The molecule has 0 saturated carbocycles. The molecule has 4 rings (SSSR count). The number of rotatable bonds is 6. The van der Waals surface area contributed by atoms with Crippen LogP contribution in [0.2, 0.25) is 15.1 Å². The number of imide groups is 1. The molecule has 10 heteroatoms. The molecule has 1 saturated heterocycles. The van der Waals surface area contributed by atoms with Crippen molar-refractivity contribution in [2.24, 2.45) is 0 Å². The maximum absolute atomic E-state index is 13.3. The van der Waals surface area contributed by atoms with Crippen molar-refractivity contribution in [1.82, 2.24) is 4.90 Å². The van der Waals surface area contributed by atoms with E-state index in [1.807, 2.05) is 0 Å². The second-order valence-corrected chi connectivity index (χ2v) is 10.4. The molecular formula is C24H14BrCl3FNO3S. The van der Waals surface area contributed by atoms with Crippen LogP contribution >= 0.6 is 62.5 Å². The van der Waals surface area contributed by atoms with Crippen LogP contribution in [-0.2, 0) is 17.9 Å². The number of benzene rings is 3. The molecule has 4 nitrogen and oxygen atoms in total. The highest BCUT2D eigenvalue weighted by molar-refractivity contribution is 9.10. The zero-order valence-electron chi connectivity index (χ0n) is 17.2. The molecule has 0 aliphatic carbocycles. The van der Waals surface area contributed by atoms with Gasteiger partial charge in [0, 0.05) is 30.7 Å². The highest BCUT2D eigenvalue weighted by Gasteiger charge is 2.35. The van der Waals surface area contributed by atoms with E-state index in [4.69, 9.17) is 39.5 Å². The summed E-state index contributed by atoms with van der Waals surface area (Å²) in [5.41, 5.74) is 1.82. The summed E-state index contributed by atoms with van der Waals surface area (Å²) >= 11 is 22.5. The summed E-state index contributed by atoms with van der Waals surface area (Å²) in [5, 5.41) is 0.705. The molecule has 2 amide bonds. The van der Waals surface area contributed by atoms with Crippen LogP contribution in [0.3, 0.4) is 0 Å². The molecular weight excluding hydrogens is 588 g/mol. The fourth-order valence-electron chi connectivity index (χ4n) is 3.16. The Kier molecular flexibility index (Phi) is 7.90. The number of carbonyl (C=O) groups is 2. The average Bonchev–Trinajstić information content (AvgIpc) is 3.03. The summed E-state index contributed by atoms with van der Waals surface area (Å²) in [6.45, 7) is 0.126. The van der Waals surface area contributed by atoms with Crippen LogP contribution in [0, 0.1) is 5.82 Å². The van der Waals surface area contributed by atoms with Crippen LogP contribution in [0.4, 0.5) is 9.18 Å². The highest BCUT2D eigenvalue weighted by Crippen LogP contribution is 2.36. The fraction of sp³-hybridized carbons (Fsp3) is 0.0833. The van der Waals surface area contributed by atoms with Gasteiger partial charge in [-0.2, -0.15) is 0 Å². The van der Waals surface area contributed by atoms with Gasteiger partial charge in [-0.15, -0.1) is 0 Å². The van der Waals surface area contributed by atoms with Gasteiger partial charge in [0.2, 0.25) is 0 Å². The lowest BCUT2D eigenvalue weighted by atomic mass is 10.1. The molecule has 0 bridgehead atoms. The van der Waals surface area contributed by atoms with E-state index in [0.29, 0.717) is 26.9 Å². The Morgan fingerprint density at radius 3 is 2.44 bits per heavy atom. The predicted molar refractivity (Wildman–Crippen MR) is 138 cm³/mol. The summed E-state index contributed by atoms with van der Waals surface area (Å²) in [6, 6.07) is 14.3. The van der Waals surface area contributed by atoms with Crippen molar-refractivity contribution in [3.63, 3.8) is 0 Å². The number of carbonyl (C=O) groups excluding carboxylic acids is 2. The highest BCUT2D eigenvalue weighted by atomic mass is 79.9. The molecule has 0 atom stereocenters. The molecule has 3 aromatic carbocycles. The van der Waals surface area contributed by atoms with Crippen LogP contribution in [0.1, 0.15) is 16.7 Å². The summed E-state index contributed by atoms with van der Waals surface area (Å²) in [7, 11) is 0. The number of amides is 2. The Morgan fingerprint density at radius 2 is 1.71 bits per heavy atom. The lowest BCUT2D eigenvalue weighted by molar-refractivity contribution is -0.123. The minimum absolute atomic E-state index is 0.0575. The third-order valence-electron chi connectivity index (χ3n) is 4.87. The van der Waals surface area contributed by atoms with Crippen molar-refractivity contribution in [1.29, 1.82) is 0 Å². The second-order valence-electron chi connectivity index (χ2n) is 7.21. The number of thioether (sulfide) groups is 1. The van der Waals surface area contributed by atoms with E-state index in [1.165, 1.54) is 12.1 Å². The van der Waals surface area contributed by atoms with Gasteiger partial charge >= 0.3 is 0 Å². The maximum atomic E-state index is 13.3. The molecule has 174 valence electrons. The van der Waals surface area contributed by atoms with Gasteiger partial charge in [-0.25, -0.2) is 4.39 Å². The van der Waals surface area contributed by atoms with Crippen LogP contribution in [0.15, 0.2) is 64.0 Å². The van der Waals surface area contributed by atoms with Gasteiger partial charge in [0.1, 0.15) is 18.2 Å². The molecule has 0 radical (unpaired) electrons. The van der Waals surface area contributed by atoms with Gasteiger partial charge in [0.05, 0.1) is 11.4 Å². The zero-order valence-corrected chi connectivity index (χ0v) is 21.8. The molecule has 0 unspecified atom stereocenters. The number of halogens is 5. The molecule has 1 fully saturated rings. The first kappa shape index (κ1) is 25.1. The molecule has 1 aliphatic heterocycles. The molecule has 3 aromatic rings. The maximum Gasteiger partial charge on any atom is 0.293 e. The number of nitrogens with zero attached hydrogens (tertiary/aromatic N) is 1. The number of hydrogen-bond donors (Lipinski definition) is 0. The Labute approximate surface area is 222 Å². The summed E-state index contributed by atoms with van der Waals surface area (Å²) in [5.74, 6) is -0.463. The van der Waals surface area contributed by atoms with Gasteiger partial charge in [-0.1, -0.05) is 62.9 Å². The van der Waals surface area contributed by atoms with E-state index in [1.54, 1.807) is 42.5 Å². The van der Waals surface area contributed by atoms with Gasteiger partial charge < -0.3 is 4.74 Å². The standard InChI is InChI=1S/C24H14BrCl3FNO3S/c25-16-3-6-21(33-12-14-1-4-17(26)9-19(14)27)15(7-16)8-22-23(31)30(24(32)34-22)11-13-2-5-18(29)10-20(13)28/h1-10H,11-12H2/b22-8-. The molecule has 0 N–H and O–H groups in total. The molecule has 34 heavy (non-hydrogen) atoms. The minimum atomic E-state index is -0.496. The first-order valence-corrected chi connectivity index (χ1v) is 12.5. The summed E-state index contributed by atoms with van der Waals surface area (Å²) in [6.07, 6.45) is 1.60. The smallest absolute Gasteiger partial charge is 0.293 e. The van der Waals surface area contributed by atoms with E-state index in [-0.39, 0.29) is 23.1 Å². The Morgan fingerprint density at radius 1 is 0.971 bits per heavy atom. The quantitative estimate of drug-likeness (QED) is 0.267. The lowest BCUT2D eigenvalue weighted by Gasteiger charge is -2.14. The topological polar surface area (TPSA) is 46.6 Å². The van der Waals surface area contributed by atoms with Crippen LogP contribution < -0.4 is 4.74 Å². The lowest BCUT2D eigenvalue weighted by Crippen LogP contribution is -2.27. The summed E-state index contributed by atoms with van der Waals surface area (Å²) < 4.78 is 20.1. The second kappa shape index (κ2) is 10.7. The van der Waals surface area contributed by atoms with Gasteiger partial charge in [-0.05, 0) is 65.9 Å². The average molecular weight is 602 g/mol. The molecule has 1 aliphatic rings. The first-order valence-electron chi connectivity index (χ1n) is 9.77. The number of hydrogen-bond acceptors (Lipinski definition) is 4. The Bertz CT molecular complexity index is 1330. The molecule has 1 heterocycles. The van der Waals surface area contributed by atoms with E-state index >= 15 is 0 Å². The normalized spacial score (nSPS) is 14.9. The van der Waals surface area contributed by atoms with Crippen molar-refractivity contribution in [3.8, 4) is 5.75 Å². The third kappa shape index (κ3) is 5.78. The SMILES string of the molecule is O=C1S/C(=C\c2cc(Br)ccc2OCc2ccc(Cl)cc2Cl)C(=O)N1Cc1ccc(F)cc1Cl. The van der Waals surface area contributed by atoms with Gasteiger partial charge in [0.15, 0.2) is 0 Å². The molecule has 0 aromatic heterocycles. The van der Waals surface area contributed by atoms with E-state index in [0.717, 1.165) is 32.8 Å². The van der Waals surface area contributed by atoms with E-state index in [9.17, 15) is 14.0 Å². The first-order chi connectivity index (χ1) is 16.2. The van der Waals surface area contributed by atoms with E-state index < -0.39 is 17.0 Å². The van der Waals surface area contributed by atoms with Crippen molar-refractivity contribution < 1.29 is 18.7 Å². The monoisotopic (exact) mass is 599 g/mol. The van der Waals surface area contributed by atoms with Crippen LogP contribution in [0.25, 0.3) is 6.08 Å².